The van der Waals surface area contributed by atoms with Crippen LogP contribution in [0.5, 0.6) is 5.75 Å². The molecule has 5 nitrogen and oxygen atoms in total. The van der Waals surface area contributed by atoms with Gasteiger partial charge < -0.3 is 4.74 Å². The second-order valence-electron chi connectivity index (χ2n) is 6.37. The Labute approximate surface area is 160 Å². The lowest BCUT2D eigenvalue weighted by Gasteiger charge is -2.34. The molecule has 1 aliphatic rings. The minimum atomic E-state index is -3.32. The third-order valence-corrected chi connectivity index (χ3v) is 6.68. The van der Waals surface area contributed by atoms with E-state index >= 15 is 0 Å². The Bertz CT molecular complexity index is 832. The molecule has 0 amide bonds. The van der Waals surface area contributed by atoms with Gasteiger partial charge in [-0.2, -0.15) is 4.31 Å². The molecule has 2 aromatic carbocycles. The number of halogens is 1. The van der Waals surface area contributed by atoms with Gasteiger partial charge >= 0.3 is 0 Å². The Morgan fingerprint density at radius 2 is 1.65 bits per heavy atom. The van der Waals surface area contributed by atoms with Crippen LogP contribution in [-0.2, 0) is 22.3 Å². The number of hydrogen-bond acceptors (Lipinski definition) is 4. The number of rotatable bonds is 6. The van der Waals surface area contributed by atoms with Gasteiger partial charge in [-0.05, 0) is 23.8 Å². The highest BCUT2D eigenvalue weighted by Crippen LogP contribution is 2.21. The number of piperazine rings is 1. The summed E-state index contributed by atoms with van der Waals surface area (Å²) >= 11 is 5.86. The zero-order chi connectivity index (χ0) is 18.6. The first-order valence-electron chi connectivity index (χ1n) is 8.54. The van der Waals surface area contributed by atoms with Gasteiger partial charge in [-0.25, -0.2) is 8.42 Å². The van der Waals surface area contributed by atoms with Gasteiger partial charge in [-0.3, -0.25) is 4.90 Å². The van der Waals surface area contributed by atoms with Crippen molar-refractivity contribution in [2.24, 2.45) is 0 Å². The quantitative estimate of drug-likeness (QED) is 0.755. The monoisotopic (exact) mass is 394 g/mol. The molecule has 140 valence electrons. The Balaban J connectivity index is 1.58. The second-order valence-corrected chi connectivity index (χ2v) is 8.78. The third kappa shape index (κ3) is 4.76. The highest BCUT2D eigenvalue weighted by Gasteiger charge is 2.27. The number of hydrogen-bond donors (Lipinski definition) is 0. The largest absolute Gasteiger partial charge is 0.496 e. The van der Waals surface area contributed by atoms with E-state index in [1.807, 2.05) is 24.3 Å². The van der Waals surface area contributed by atoms with Crippen LogP contribution in [0.1, 0.15) is 11.1 Å². The zero-order valence-electron chi connectivity index (χ0n) is 14.8. The summed E-state index contributed by atoms with van der Waals surface area (Å²) in [5.41, 5.74) is 1.87. The van der Waals surface area contributed by atoms with Crippen molar-refractivity contribution in [3.05, 3.63) is 64.7 Å². The molecule has 1 fully saturated rings. The molecule has 7 heteroatoms. The maximum atomic E-state index is 12.7. The fraction of sp³-hybridized carbons (Fsp3) is 0.368. The lowest BCUT2D eigenvalue weighted by atomic mass is 10.2. The molecule has 1 heterocycles. The lowest BCUT2D eigenvalue weighted by molar-refractivity contribution is 0.180. The number of sulfonamides is 1. The van der Waals surface area contributed by atoms with Crippen LogP contribution in [0.15, 0.2) is 48.5 Å². The SMILES string of the molecule is COc1ccccc1CN1CCN(S(=O)(=O)Cc2ccc(Cl)cc2)CC1. The molecule has 0 aromatic heterocycles. The molecule has 0 spiro atoms. The number of methoxy groups -OCH3 is 1. The van der Waals surface area contributed by atoms with Crippen LogP contribution in [0.4, 0.5) is 0 Å². The van der Waals surface area contributed by atoms with Gasteiger partial charge in [0.25, 0.3) is 0 Å². The van der Waals surface area contributed by atoms with E-state index in [2.05, 4.69) is 4.90 Å². The molecule has 0 radical (unpaired) electrons. The van der Waals surface area contributed by atoms with Gasteiger partial charge in [0.05, 0.1) is 12.9 Å². The molecule has 0 atom stereocenters. The molecular weight excluding hydrogens is 372 g/mol. The molecule has 26 heavy (non-hydrogen) atoms. The van der Waals surface area contributed by atoms with Crippen LogP contribution in [0.25, 0.3) is 0 Å². The van der Waals surface area contributed by atoms with Gasteiger partial charge in [0.1, 0.15) is 5.75 Å². The summed E-state index contributed by atoms with van der Waals surface area (Å²) in [7, 11) is -1.65. The Morgan fingerprint density at radius 1 is 1.00 bits per heavy atom. The summed E-state index contributed by atoms with van der Waals surface area (Å²) in [6, 6.07) is 14.9. The first kappa shape index (κ1) is 19.2. The van der Waals surface area contributed by atoms with Gasteiger partial charge in [-0.15, -0.1) is 0 Å². The first-order chi connectivity index (χ1) is 12.5. The molecule has 0 bridgehead atoms. The summed E-state index contributed by atoms with van der Waals surface area (Å²) in [6.45, 7) is 3.18. The van der Waals surface area contributed by atoms with Crippen molar-refractivity contribution >= 4 is 21.6 Å². The van der Waals surface area contributed by atoms with Crippen LogP contribution in [-0.4, -0.2) is 50.9 Å². The van der Waals surface area contributed by atoms with Crippen molar-refractivity contribution in [3.63, 3.8) is 0 Å². The van der Waals surface area contributed by atoms with Crippen LogP contribution in [0.3, 0.4) is 0 Å². The van der Waals surface area contributed by atoms with E-state index in [1.165, 1.54) is 0 Å². The molecule has 1 aliphatic heterocycles. The predicted octanol–water partition coefficient (Wildman–Crippen LogP) is 3.00. The first-order valence-corrected chi connectivity index (χ1v) is 10.5. The maximum Gasteiger partial charge on any atom is 0.218 e. The molecular formula is C19H23ClN2O3S. The van der Waals surface area contributed by atoms with Crippen LogP contribution < -0.4 is 4.74 Å². The predicted molar refractivity (Wildman–Crippen MR) is 104 cm³/mol. The summed E-state index contributed by atoms with van der Waals surface area (Å²) in [5.74, 6) is 0.877. The van der Waals surface area contributed by atoms with Crippen molar-refractivity contribution in [1.29, 1.82) is 0 Å². The summed E-state index contributed by atoms with van der Waals surface area (Å²) in [4.78, 5) is 2.26. The van der Waals surface area contributed by atoms with E-state index in [4.69, 9.17) is 16.3 Å². The average molecular weight is 395 g/mol. The Morgan fingerprint density at radius 3 is 2.31 bits per heavy atom. The van der Waals surface area contributed by atoms with Crippen LogP contribution in [0, 0.1) is 0 Å². The van der Waals surface area contributed by atoms with Crippen molar-refractivity contribution in [1.82, 2.24) is 9.21 Å². The number of benzene rings is 2. The van der Waals surface area contributed by atoms with Gasteiger partial charge in [0, 0.05) is 43.3 Å². The van der Waals surface area contributed by atoms with Crippen LogP contribution >= 0.6 is 11.6 Å². The number of ether oxygens (including phenoxy) is 1. The van der Waals surface area contributed by atoms with E-state index in [1.54, 1.807) is 35.7 Å². The molecule has 2 aromatic rings. The van der Waals surface area contributed by atoms with E-state index in [9.17, 15) is 8.42 Å². The smallest absolute Gasteiger partial charge is 0.218 e. The molecule has 0 unspecified atom stereocenters. The van der Waals surface area contributed by atoms with Gasteiger partial charge in [0.2, 0.25) is 10.0 Å². The van der Waals surface area contributed by atoms with Gasteiger partial charge in [-0.1, -0.05) is 41.9 Å². The molecule has 0 N–H and O–H groups in total. The van der Waals surface area contributed by atoms with E-state index < -0.39 is 10.0 Å². The topological polar surface area (TPSA) is 49.9 Å². The standard InChI is InChI=1S/C19H23ClN2O3S/c1-25-19-5-3-2-4-17(19)14-21-10-12-22(13-11-21)26(23,24)15-16-6-8-18(20)9-7-16/h2-9H,10-15H2,1H3. The Hall–Kier alpha value is -1.60. The maximum absolute atomic E-state index is 12.7. The van der Waals surface area contributed by atoms with E-state index in [0.717, 1.165) is 23.4 Å². The molecule has 0 aliphatic carbocycles. The number of para-hydroxylation sites is 1. The molecule has 1 saturated heterocycles. The van der Waals surface area contributed by atoms with E-state index in [0.29, 0.717) is 31.2 Å². The summed E-state index contributed by atoms with van der Waals surface area (Å²) in [5, 5.41) is 0.608. The van der Waals surface area contributed by atoms with Crippen molar-refractivity contribution in [2.45, 2.75) is 12.3 Å². The fourth-order valence-electron chi connectivity index (χ4n) is 3.12. The summed E-state index contributed by atoms with van der Waals surface area (Å²) < 4.78 is 32.3. The lowest BCUT2D eigenvalue weighted by Crippen LogP contribution is -2.48. The summed E-state index contributed by atoms with van der Waals surface area (Å²) in [6.07, 6.45) is 0. The van der Waals surface area contributed by atoms with Crippen molar-refractivity contribution in [3.8, 4) is 5.75 Å². The zero-order valence-corrected chi connectivity index (χ0v) is 16.3. The Kier molecular flexibility index (Phi) is 6.19. The molecule has 0 saturated carbocycles. The molecule has 3 rings (SSSR count). The van der Waals surface area contributed by atoms with E-state index in [-0.39, 0.29) is 5.75 Å². The fourth-order valence-corrected chi connectivity index (χ4v) is 4.76. The normalized spacial score (nSPS) is 16.5. The second kappa shape index (κ2) is 8.39. The average Bonchev–Trinajstić information content (AvgIpc) is 2.64. The highest BCUT2D eigenvalue weighted by molar-refractivity contribution is 7.88. The van der Waals surface area contributed by atoms with Crippen molar-refractivity contribution < 1.29 is 13.2 Å². The minimum absolute atomic E-state index is 0.0106. The minimum Gasteiger partial charge on any atom is -0.496 e. The number of nitrogens with zero attached hydrogens (tertiary/aromatic N) is 2. The third-order valence-electron chi connectivity index (χ3n) is 4.57. The van der Waals surface area contributed by atoms with Crippen molar-refractivity contribution in [2.75, 3.05) is 33.3 Å². The van der Waals surface area contributed by atoms with Gasteiger partial charge in [0.15, 0.2) is 0 Å². The highest BCUT2D eigenvalue weighted by atomic mass is 35.5. The van der Waals surface area contributed by atoms with Crippen LogP contribution in [0.2, 0.25) is 5.02 Å².